The molecule has 0 saturated heterocycles. The van der Waals surface area contributed by atoms with Crippen molar-refractivity contribution in [2.24, 2.45) is 5.92 Å². The maximum Gasteiger partial charge on any atom is 0.419 e. The number of aromatic nitrogens is 3. The molecule has 1 unspecified atom stereocenters. The van der Waals surface area contributed by atoms with Gasteiger partial charge in [-0.3, -0.25) is 0 Å². The van der Waals surface area contributed by atoms with E-state index >= 15 is 0 Å². The Morgan fingerprint density at radius 1 is 1.23 bits per heavy atom. The first-order chi connectivity index (χ1) is 14.5. The number of hydrogen-bond acceptors (Lipinski definition) is 4. The second kappa shape index (κ2) is 8.44. The van der Waals surface area contributed by atoms with Gasteiger partial charge in [0.05, 0.1) is 23.0 Å². The lowest BCUT2D eigenvalue weighted by Crippen LogP contribution is -2.50. The van der Waals surface area contributed by atoms with Crippen LogP contribution in [0.3, 0.4) is 0 Å². The summed E-state index contributed by atoms with van der Waals surface area (Å²) < 4.78 is 48.4. The summed E-state index contributed by atoms with van der Waals surface area (Å²) in [5.41, 5.74) is -0.748. The molecule has 3 rings (SSSR count). The molecule has 0 saturated carbocycles. The first-order valence-electron chi connectivity index (χ1n) is 9.63. The third-order valence-corrected chi connectivity index (χ3v) is 4.68. The molecule has 0 spiro atoms. The highest BCUT2D eigenvalue weighted by atomic mass is 19.4. The van der Waals surface area contributed by atoms with Crippen molar-refractivity contribution >= 4 is 11.7 Å². The molecule has 10 heteroatoms. The number of nitrogens with zero attached hydrogens (tertiary/aromatic N) is 3. The fourth-order valence-electron chi connectivity index (χ4n) is 3.63. The molecule has 2 heterocycles. The van der Waals surface area contributed by atoms with E-state index in [9.17, 15) is 18.0 Å². The second-order valence-electron chi connectivity index (χ2n) is 8.02. The molecule has 1 amide bonds. The molecule has 31 heavy (non-hydrogen) atoms. The molecule has 0 fully saturated rings. The van der Waals surface area contributed by atoms with E-state index < -0.39 is 23.4 Å². The SMILES string of the molecule is CC(C)CC(C)(COc1ccc(-c2ccnc3ccnn23)cc1C(F)(F)F)NC(=O)O. The van der Waals surface area contributed by atoms with Crippen LogP contribution in [-0.2, 0) is 6.18 Å². The normalized spacial score (nSPS) is 13.9. The first kappa shape index (κ1) is 22.4. The summed E-state index contributed by atoms with van der Waals surface area (Å²) in [6.45, 7) is 5.14. The predicted molar refractivity (Wildman–Crippen MR) is 108 cm³/mol. The summed E-state index contributed by atoms with van der Waals surface area (Å²) >= 11 is 0. The van der Waals surface area contributed by atoms with Crippen LogP contribution in [0.25, 0.3) is 16.9 Å². The topological polar surface area (TPSA) is 88.8 Å². The van der Waals surface area contributed by atoms with Crippen molar-refractivity contribution in [2.75, 3.05) is 6.61 Å². The van der Waals surface area contributed by atoms with Gasteiger partial charge in [-0.1, -0.05) is 13.8 Å². The Labute approximate surface area is 176 Å². The van der Waals surface area contributed by atoms with Gasteiger partial charge in [0, 0.05) is 17.8 Å². The van der Waals surface area contributed by atoms with Crippen LogP contribution in [0.4, 0.5) is 18.0 Å². The molecule has 2 N–H and O–H groups in total. The van der Waals surface area contributed by atoms with E-state index in [2.05, 4.69) is 15.4 Å². The number of rotatable bonds is 7. The van der Waals surface area contributed by atoms with Gasteiger partial charge in [0.1, 0.15) is 12.4 Å². The number of halogens is 3. The summed E-state index contributed by atoms with van der Waals surface area (Å²) in [7, 11) is 0. The number of ether oxygens (including phenoxy) is 1. The lowest BCUT2D eigenvalue weighted by atomic mass is 9.91. The van der Waals surface area contributed by atoms with Gasteiger partial charge in [-0.2, -0.15) is 18.3 Å². The number of carboxylic acid groups (broad SMARTS) is 1. The lowest BCUT2D eigenvalue weighted by Gasteiger charge is -2.31. The largest absolute Gasteiger partial charge is 0.491 e. The molecule has 3 aromatic rings. The van der Waals surface area contributed by atoms with E-state index in [-0.39, 0.29) is 18.3 Å². The van der Waals surface area contributed by atoms with Crippen LogP contribution < -0.4 is 10.1 Å². The number of carbonyl (C=O) groups is 1. The molecule has 0 radical (unpaired) electrons. The molecular weight excluding hydrogens is 413 g/mol. The van der Waals surface area contributed by atoms with E-state index in [0.717, 1.165) is 6.07 Å². The number of amides is 1. The highest BCUT2D eigenvalue weighted by molar-refractivity contribution is 5.66. The molecular formula is C21H23F3N4O3. The van der Waals surface area contributed by atoms with Crippen molar-refractivity contribution in [3.8, 4) is 17.0 Å². The van der Waals surface area contributed by atoms with Gasteiger partial charge in [0.25, 0.3) is 0 Å². The fraction of sp³-hybridized carbons (Fsp3) is 0.381. The third kappa shape index (κ3) is 5.25. The smallest absolute Gasteiger partial charge is 0.419 e. The zero-order chi connectivity index (χ0) is 22.8. The predicted octanol–water partition coefficient (Wildman–Crippen LogP) is 4.87. The Kier molecular flexibility index (Phi) is 6.10. The van der Waals surface area contributed by atoms with Crippen molar-refractivity contribution < 1.29 is 27.8 Å². The van der Waals surface area contributed by atoms with Gasteiger partial charge in [-0.15, -0.1) is 0 Å². The number of hydrogen-bond donors (Lipinski definition) is 2. The number of nitrogens with one attached hydrogen (secondary N) is 1. The zero-order valence-corrected chi connectivity index (χ0v) is 17.3. The second-order valence-corrected chi connectivity index (χ2v) is 8.02. The van der Waals surface area contributed by atoms with Crippen molar-refractivity contribution in [3.05, 3.63) is 48.3 Å². The Morgan fingerprint density at radius 2 is 1.97 bits per heavy atom. The van der Waals surface area contributed by atoms with Crippen LogP contribution >= 0.6 is 0 Å². The molecule has 0 aliphatic rings. The molecule has 2 aromatic heterocycles. The molecule has 1 aromatic carbocycles. The van der Waals surface area contributed by atoms with E-state index in [1.807, 2.05) is 13.8 Å². The first-order valence-corrected chi connectivity index (χ1v) is 9.63. The highest BCUT2D eigenvalue weighted by Crippen LogP contribution is 2.39. The summed E-state index contributed by atoms with van der Waals surface area (Å²) in [6, 6.07) is 6.97. The summed E-state index contributed by atoms with van der Waals surface area (Å²) in [4.78, 5) is 15.3. The van der Waals surface area contributed by atoms with Crippen molar-refractivity contribution in [1.82, 2.24) is 19.9 Å². The minimum atomic E-state index is -4.67. The zero-order valence-electron chi connectivity index (χ0n) is 17.3. The number of benzene rings is 1. The maximum atomic E-state index is 13.8. The fourth-order valence-corrected chi connectivity index (χ4v) is 3.63. The molecule has 0 aliphatic carbocycles. The van der Waals surface area contributed by atoms with Gasteiger partial charge in [-0.05, 0) is 43.5 Å². The molecule has 1 atom stereocenters. The summed E-state index contributed by atoms with van der Waals surface area (Å²) in [5, 5.41) is 15.6. The Morgan fingerprint density at radius 3 is 2.61 bits per heavy atom. The molecule has 7 nitrogen and oxygen atoms in total. The van der Waals surface area contributed by atoms with Crippen LogP contribution in [0.15, 0.2) is 42.7 Å². The van der Waals surface area contributed by atoms with E-state index in [0.29, 0.717) is 23.3 Å². The lowest BCUT2D eigenvalue weighted by molar-refractivity contribution is -0.139. The van der Waals surface area contributed by atoms with Crippen molar-refractivity contribution in [2.45, 2.75) is 38.9 Å². The van der Waals surface area contributed by atoms with Gasteiger partial charge in [-0.25, -0.2) is 14.3 Å². The average Bonchev–Trinajstić information content (AvgIpc) is 3.13. The van der Waals surface area contributed by atoms with Crippen LogP contribution in [0, 0.1) is 5.92 Å². The van der Waals surface area contributed by atoms with Crippen molar-refractivity contribution in [1.29, 1.82) is 0 Å². The van der Waals surface area contributed by atoms with Crippen LogP contribution in [-0.4, -0.2) is 37.9 Å². The van der Waals surface area contributed by atoms with E-state index in [1.54, 1.807) is 19.1 Å². The Bertz CT molecular complexity index is 1080. The van der Waals surface area contributed by atoms with E-state index in [1.165, 1.54) is 29.0 Å². The minimum Gasteiger partial charge on any atom is -0.491 e. The standard InChI is InChI=1S/C21H23F3N4O3/c1-13(2)11-20(3,27-19(29)30)12-31-17-5-4-14(10-15(17)21(22,23)24)16-6-8-25-18-7-9-26-28(16)18/h4-10,13,27H,11-12H2,1-3H3,(H,29,30). The molecule has 0 aliphatic heterocycles. The Balaban J connectivity index is 1.96. The average molecular weight is 436 g/mol. The number of alkyl halides is 3. The van der Waals surface area contributed by atoms with Crippen LogP contribution in [0.2, 0.25) is 0 Å². The monoisotopic (exact) mass is 436 g/mol. The number of fused-ring (bicyclic) bond motifs is 1. The maximum absolute atomic E-state index is 13.8. The van der Waals surface area contributed by atoms with Crippen LogP contribution in [0.1, 0.15) is 32.8 Å². The Hall–Kier alpha value is -3.30. The van der Waals surface area contributed by atoms with Crippen molar-refractivity contribution in [3.63, 3.8) is 0 Å². The highest BCUT2D eigenvalue weighted by Gasteiger charge is 2.36. The third-order valence-electron chi connectivity index (χ3n) is 4.68. The molecule has 0 bridgehead atoms. The van der Waals surface area contributed by atoms with E-state index in [4.69, 9.17) is 9.84 Å². The van der Waals surface area contributed by atoms with Gasteiger partial charge in [0.2, 0.25) is 0 Å². The molecule has 166 valence electrons. The van der Waals surface area contributed by atoms with Gasteiger partial charge < -0.3 is 15.2 Å². The summed E-state index contributed by atoms with van der Waals surface area (Å²) in [5.74, 6) is -0.266. The quantitative estimate of drug-likeness (QED) is 0.552. The summed E-state index contributed by atoms with van der Waals surface area (Å²) in [6.07, 6.45) is -2.53. The minimum absolute atomic E-state index is 0.105. The van der Waals surface area contributed by atoms with Gasteiger partial charge in [0.15, 0.2) is 5.65 Å². The van der Waals surface area contributed by atoms with Gasteiger partial charge >= 0.3 is 12.3 Å². The van der Waals surface area contributed by atoms with Crippen LogP contribution in [0.5, 0.6) is 5.75 Å².